The predicted octanol–water partition coefficient (Wildman–Crippen LogP) is 0.803. The van der Waals surface area contributed by atoms with Crippen molar-refractivity contribution in [1.29, 1.82) is 0 Å². The number of hydrogen-bond acceptors (Lipinski definition) is 1. The normalized spacial score (nSPS) is 9.50. The van der Waals surface area contributed by atoms with Gasteiger partial charge in [-0.25, -0.2) is 4.79 Å². The number of carboxylic acids is 1. The molecule has 0 saturated carbocycles. The third-order valence-corrected chi connectivity index (χ3v) is 1.94. The average molecular weight is 162 g/mol. The summed E-state index contributed by atoms with van der Waals surface area (Å²) in [6.07, 6.45) is 0. The summed E-state index contributed by atoms with van der Waals surface area (Å²) in [6, 6.07) is 5.54. The molecule has 0 aliphatic heterocycles. The van der Waals surface area contributed by atoms with Crippen molar-refractivity contribution in [2.45, 2.75) is 13.7 Å². The zero-order valence-electron chi connectivity index (χ0n) is 7.29. The van der Waals surface area contributed by atoms with E-state index in [0.717, 1.165) is 18.3 Å². The second-order valence-corrected chi connectivity index (χ2v) is 2.81. The van der Waals surface area contributed by atoms with E-state index < -0.39 is 5.97 Å². The third-order valence-electron chi connectivity index (χ3n) is 1.94. The molecular formula is C9H11BO2. The van der Waals surface area contributed by atoms with Gasteiger partial charge in [-0.15, -0.1) is 0 Å². The van der Waals surface area contributed by atoms with Crippen LogP contribution in [0.2, 0.25) is 6.82 Å². The second kappa shape index (κ2) is 3.43. The van der Waals surface area contributed by atoms with Crippen LogP contribution in [0, 0.1) is 6.92 Å². The molecule has 0 spiro atoms. The number of carboxylic acid groups (broad SMARTS) is 1. The molecule has 1 aromatic rings. The molecule has 0 bridgehead atoms. The molecule has 0 unspecified atom stereocenters. The summed E-state index contributed by atoms with van der Waals surface area (Å²) in [6.45, 7) is 3.82. The van der Waals surface area contributed by atoms with E-state index in [9.17, 15) is 4.79 Å². The molecule has 0 saturated heterocycles. The summed E-state index contributed by atoms with van der Waals surface area (Å²) in [4.78, 5) is 10.7. The van der Waals surface area contributed by atoms with Crippen molar-refractivity contribution in [2.24, 2.45) is 0 Å². The van der Waals surface area contributed by atoms with Crippen molar-refractivity contribution in [3.8, 4) is 0 Å². The highest BCUT2D eigenvalue weighted by molar-refractivity contribution is 6.52. The lowest BCUT2D eigenvalue weighted by molar-refractivity contribution is 0.0696. The van der Waals surface area contributed by atoms with Gasteiger partial charge in [0.05, 0.1) is 5.56 Å². The third kappa shape index (κ3) is 1.67. The zero-order valence-corrected chi connectivity index (χ0v) is 7.29. The Morgan fingerprint density at radius 2 is 2.17 bits per heavy atom. The highest BCUT2D eigenvalue weighted by atomic mass is 16.4. The molecule has 2 nitrogen and oxygen atoms in total. The molecule has 1 aromatic carbocycles. The van der Waals surface area contributed by atoms with Gasteiger partial charge in [-0.2, -0.15) is 0 Å². The predicted molar refractivity (Wildman–Crippen MR) is 50.8 cm³/mol. The molecule has 0 heterocycles. The minimum absolute atomic E-state index is 0.411. The van der Waals surface area contributed by atoms with E-state index >= 15 is 0 Å². The van der Waals surface area contributed by atoms with E-state index in [-0.39, 0.29) is 0 Å². The minimum Gasteiger partial charge on any atom is -0.478 e. The van der Waals surface area contributed by atoms with Gasteiger partial charge in [-0.3, -0.25) is 0 Å². The van der Waals surface area contributed by atoms with Crippen molar-refractivity contribution in [1.82, 2.24) is 0 Å². The SMILES string of the molecule is CBc1ccc(C)c(C(=O)O)c1. The summed E-state index contributed by atoms with van der Waals surface area (Å²) < 4.78 is 0. The zero-order chi connectivity index (χ0) is 9.14. The van der Waals surface area contributed by atoms with E-state index in [1.165, 1.54) is 0 Å². The van der Waals surface area contributed by atoms with E-state index in [1.807, 2.05) is 25.9 Å². The molecule has 0 radical (unpaired) electrons. The Morgan fingerprint density at radius 3 is 2.67 bits per heavy atom. The van der Waals surface area contributed by atoms with Crippen molar-refractivity contribution in [3.63, 3.8) is 0 Å². The van der Waals surface area contributed by atoms with Gasteiger partial charge in [0.25, 0.3) is 0 Å². The van der Waals surface area contributed by atoms with Crippen molar-refractivity contribution < 1.29 is 9.90 Å². The van der Waals surface area contributed by atoms with Crippen molar-refractivity contribution in [2.75, 3.05) is 0 Å². The molecule has 0 aliphatic carbocycles. The fraction of sp³-hybridized carbons (Fsp3) is 0.222. The van der Waals surface area contributed by atoms with Crippen LogP contribution in [0.15, 0.2) is 18.2 Å². The van der Waals surface area contributed by atoms with Gasteiger partial charge >= 0.3 is 5.97 Å². The van der Waals surface area contributed by atoms with Gasteiger partial charge < -0.3 is 5.11 Å². The first-order chi connectivity index (χ1) is 5.65. The number of rotatable bonds is 2. The van der Waals surface area contributed by atoms with Crippen LogP contribution in [-0.4, -0.2) is 18.4 Å². The fourth-order valence-corrected chi connectivity index (χ4v) is 1.12. The van der Waals surface area contributed by atoms with Crippen LogP contribution >= 0.6 is 0 Å². The summed E-state index contributed by atoms with van der Waals surface area (Å²) in [5.74, 6) is -0.845. The summed E-state index contributed by atoms with van der Waals surface area (Å²) in [5, 5.41) is 8.79. The number of aromatic carboxylic acids is 1. The van der Waals surface area contributed by atoms with Crippen LogP contribution in [0.1, 0.15) is 15.9 Å². The second-order valence-electron chi connectivity index (χ2n) is 2.81. The molecule has 3 heteroatoms. The maximum Gasteiger partial charge on any atom is 0.335 e. The van der Waals surface area contributed by atoms with Crippen molar-refractivity contribution >= 4 is 18.7 Å². The standard InChI is InChI=1S/C9H11BO2/c1-6-3-4-7(10-2)5-8(6)9(11)12/h3-5,10H,1-2H3,(H,11,12). The van der Waals surface area contributed by atoms with Crippen molar-refractivity contribution in [3.05, 3.63) is 29.3 Å². The van der Waals surface area contributed by atoms with Crippen LogP contribution in [0.5, 0.6) is 0 Å². The van der Waals surface area contributed by atoms with E-state index in [0.29, 0.717) is 5.56 Å². The number of aryl methyl sites for hydroxylation is 1. The quantitative estimate of drug-likeness (QED) is 0.653. The first kappa shape index (κ1) is 8.85. The molecule has 1 N–H and O–H groups in total. The first-order valence-corrected chi connectivity index (χ1v) is 3.98. The lowest BCUT2D eigenvalue weighted by atomic mass is 9.72. The van der Waals surface area contributed by atoms with Gasteiger partial charge in [0.15, 0.2) is 7.28 Å². The highest BCUT2D eigenvalue weighted by Gasteiger charge is 2.06. The van der Waals surface area contributed by atoms with Crippen LogP contribution in [0.3, 0.4) is 0 Å². The largest absolute Gasteiger partial charge is 0.478 e. The molecular weight excluding hydrogens is 151 g/mol. The lowest BCUT2D eigenvalue weighted by Gasteiger charge is -2.02. The van der Waals surface area contributed by atoms with Crippen LogP contribution in [0.25, 0.3) is 0 Å². The molecule has 0 atom stereocenters. The van der Waals surface area contributed by atoms with Crippen LogP contribution in [0.4, 0.5) is 0 Å². The minimum atomic E-state index is -0.845. The van der Waals surface area contributed by atoms with E-state index in [1.54, 1.807) is 6.07 Å². The maximum atomic E-state index is 10.7. The Hall–Kier alpha value is -1.25. The average Bonchev–Trinajstić information content (AvgIpc) is 2.05. The highest BCUT2D eigenvalue weighted by Crippen LogP contribution is 2.04. The van der Waals surface area contributed by atoms with Gasteiger partial charge in [-0.05, 0) is 12.5 Å². The summed E-state index contributed by atoms with van der Waals surface area (Å²) in [5.41, 5.74) is 2.30. The monoisotopic (exact) mass is 162 g/mol. The van der Waals surface area contributed by atoms with E-state index in [2.05, 4.69) is 0 Å². The molecule has 12 heavy (non-hydrogen) atoms. The molecule has 0 aromatic heterocycles. The molecule has 0 amide bonds. The van der Waals surface area contributed by atoms with Gasteiger partial charge in [0.1, 0.15) is 0 Å². The van der Waals surface area contributed by atoms with Gasteiger partial charge in [0.2, 0.25) is 0 Å². The Balaban J connectivity index is 3.17. The molecule has 1 rings (SSSR count). The smallest absolute Gasteiger partial charge is 0.335 e. The first-order valence-electron chi connectivity index (χ1n) is 3.98. The summed E-state index contributed by atoms with van der Waals surface area (Å²) >= 11 is 0. The van der Waals surface area contributed by atoms with E-state index in [4.69, 9.17) is 5.11 Å². The Kier molecular flexibility index (Phi) is 2.53. The topological polar surface area (TPSA) is 37.3 Å². The summed E-state index contributed by atoms with van der Waals surface area (Å²) in [7, 11) is 0.876. The van der Waals surface area contributed by atoms with Crippen LogP contribution < -0.4 is 5.46 Å². The molecule has 0 aliphatic rings. The Bertz CT molecular complexity index is 307. The van der Waals surface area contributed by atoms with Gasteiger partial charge in [-0.1, -0.05) is 30.5 Å². The number of benzene rings is 1. The van der Waals surface area contributed by atoms with Crippen LogP contribution in [-0.2, 0) is 0 Å². The Morgan fingerprint density at radius 1 is 1.50 bits per heavy atom. The maximum absolute atomic E-state index is 10.7. The van der Waals surface area contributed by atoms with Gasteiger partial charge in [0, 0.05) is 0 Å². The number of carbonyl (C=O) groups is 1. The lowest BCUT2D eigenvalue weighted by Crippen LogP contribution is -2.13. The molecule has 0 fully saturated rings. The Labute approximate surface area is 72.5 Å². The number of hydrogen-bond donors (Lipinski definition) is 1. The fourth-order valence-electron chi connectivity index (χ4n) is 1.12. The molecule has 62 valence electrons.